The molecule has 114 valence electrons. The Kier molecular flexibility index (Phi) is 5.69. The van der Waals surface area contributed by atoms with Gasteiger partial charge in [-0.25, -0.2) is 26.7 Å². The van der Waals surface area contributed by atoms with Crippen LogP contribution >= 0.6 is 0 Å². The van der Waals surface area contributed by atoms with Crippen LogP contribution in [0.5, 0.6) is 0 Å². The van der Waals surface area contributed by atoms with E-state index in [0.717, 1.165) is 12.8 Å². The van der Waals surface area contributed by atoms with Gasteiger partial charge in [0.25, 0.3) is 0 Å². The van der Waals surface area contributed by atoms with Crippen LogP contribution in [0.1, 0.15) is 26.7 Å². The molecular weight excluding hydrogens is 300 g/mol. The Morgan fingerprint density at radius 3 is 2.00 bits per heavy atom. The molecule has 1 rings (SSSR count). The Morgan fingerprint density at radius 2 is 1.55 bits per heavy atom. The molecule has 1 aromatic carbocycles. The molecule has 8 heteroatoms. The van der Waals surface area contributed by atoms with Gasteiger partial charge in [0, 0.05) is 6.54 Å². The highest BCUT2D eigenvalue weighted by atomic mass is 32.2. The lowest BCUT2D eigenvalue weighted by Gasteiger charge is -2.14. The Labute approximate surface area is 120 Å². The second-order valence-corrected chi connectivity index (χ2v) is 7.79. The minimum absolute atomic E-state index is 0.214. The van der Waals surface area contributed by atoms with Crippen molar-refractivity contribution >= 4 is 20.0 Å². The van der Waals surface area contributed by atoms with E-state index in [-0.39, 0.29) is 17.4 Å². The van der Waals surface area contributed by atoms with E-state index in [2.05, 4.69) is 4.72 Å². The molecule has 6 nitrogen and oxygen atoms in total. The lowest BCUT2D eigenvalue weighted by Crippen LogP contribution is -2.30. The lowest BCUT2D eigenvalue weighted by molar-refractivity contribution is 0.478. The van der Waals surface area contributed by atoms with Gasteiger partial charge in [0.1, 0.15) is 9.79 Å². The van der Waals surface area contributed by atoms with Crippen LogP contribution < -0.4 is 9.86 Å². The summed E-state index contributed by atoms with van der Waals surface area (Å²) in [6.45, 7) is 4.22. The first-order valence-electron chi connectivity index (χ1n) is 6.33. The molecule has 0 heterocycles. The summed E-state index contributed by atoms with van der Waals surface area (Å²) < 4.78 is 49.7. The van der Waals surface area contributed by atoms with Crippen LogP contribution in [0.2, 0.25) is 0 Å². The van der Waals surface area contributed by atoms with Gasteiger partial charge in [-0.05, 0) is 18.1 Å². The molecule has 0 aliphatic heterocycles. The minimum atomic E-state index is -4.09. The smallest absolute Gasteiger partial charge is 0.225 e. The summed E-state index contributed by atoms with van der Waals surface area (Å²) in [5.41, 5.74) is 0. The highest BCUT2D eigenvalue weighted by Gasteiger charge is 2.24. The van der Waals surface area contributed by atoms with E-state index < -0.39 is 24.9 Å². The number of benzene rings is 1. The number of hydrogen-bond donors (Lipinski definition) is 2. The van der Waals surface area contributed by atoms with Crippen molar-refractivity contribution in [1.82, 2.24) is 4.72 Å². The van der Waals surface area contributed by atoms with E-state index in [1.807, 2.05) is 13.8 Å². The first-order chi connectivity index (χ1) is 9.22. The first kappa shape index (κ1) is 17.1. The summed E-state index contributed by atoms with van der Waals surface area (Å²) in [6, 6.07) is 5.30. The maximum absolute atomic E-state index is 12.2. The Bertz CT molecular complexity index is 650. The first-order valence-corrected chi connectivity index (χ1v) is 9.36. The number of sulfonamides is 2. The predicted molar refractivity (Wildman–Crippen MR) is 77.1 cm³/mol. The maximum Gasteiger partial charge on any atom is 0.241 e. The van der Waals surface area contributed by atoms with E-state index in [0.29, 0.717) is 0 Å². The Balaban J connectivity index is 3.11. The molecule has 0 aliphatic rings. The van der Waals surface area contributed by atoms with Crippen molar-refractivity contribution < 1.29 is 16.8 Å². The largest absolute Gasteiger partial charge is 0.241 e. The summed E-state index contributed by atoms with van der Waals surface area (Å²) in [5, 5.41) is 5.04. The standard InChI is InChI=1S/C12H20N2O4S2/c1-3-10(4-2)9-14-20(17,18)12-8-6-5-7-11(12)19(13,15)16/h5-8,10,14H,3-4,9H2,1-2H3,(H2,13,15,16). The second-order valence-electron chi connectivity index (χ2n) is 4.53. The molecule has 0 atom stereocenters. The van der Waals surface area contributed by atoms with E-state index >= 15 is 0 Å². The minimum Gasteiger partial charge on any atom is -0.225 e. The lowest BCUT2D eigenvalue weighted by atomic mass is 10.0. The van der Waals surface area contributed by atoms with Gasteiger partial charge < -0.3 is 0 Å². The molecule has 1 aromatic rings. The molecule has 3 N–H and O–H groups in total. The third-order valence-electron chi connectivity index (χ3n) is 3.16. The number of nitrogens with two attached hydrogens (primary N) is 1. The molecule has 20 heavy (non-hydrogen) atoms. The van der Waals surface area contributed by atoms with Gasteiger partial charge in [-0.1, -0.05) is 38.8 Å². The molecular formula is C12H20N2O4S2. The van der Waals surface area contributed by atoms with Crippen molar-refractivity contribution in [2.75, 3.05) is 6.54 Å². The fourth-order valence-corrected chi connectivity index (χ4v) is 4.29. The van der Waals surface area contributed by atoms with Gasteiger partial charge in [-0.3, -0.25) is 0 Å². The van der Waals surface area contributed by atoms with E-state index in [4.69, 9.17) is 5.14 Å². The average Bonchev–Trinajstić information content (AvgIpc) is 2.39. The van der Waals surface area contributed by atoms with Crippen LogP contribution in [-0.2, 0) is 20.0 Å². The molecule has 0 radical (unpaired) electrons. The SMILES string of the molecule is CCC(CC)CNS(=O)(=O)c1ccccc1S(N)(=O)=O. The molecule has 0 unspecified atom stereocenters. The highest BCUT2D eigenvalue weighted by molar-refractivity contribution is 7.92. The Morgan fingerprint density at radius 1 is 1.05 bits per heavy atom. The average molecular weight is 320 g/mol. The normalized spacial score (nSPS) is 12.8. The maximum atomic E-state index is 12.2. The van der Waals surface area contributed by atoms with Crippen LogP contribution in [0.4, 0.5) is 0 Å². The highest BCUT2D eigenvalue weighted by Crippen LogP contribution is 2.19. The number of rotatable bonds is 7. The molecule has 0 aromatic heterocycles. The van der Waals surface area contributed by atoms with Crippen LogP contribution in [0, 0.1) is 5.92 Å². The summed E-state index contributed by atoms with van der Waals surface area (Å²) in [5.74, 6) is 0.214. The van der Waals surface area contributed by atoms with Gasteiger partial charge in [-0.15, -0.1) is 0 Å². The van der Waals surface area contributed by atoms with Crippen LogP contribution in [-0.4, -0.2) is 23.4 Å². The van der Waals surface area contributed by atoms with Crippen LogP contribution in [0.3, 0.4) is 0 Å². The van der Waals surface area contributed by atoms with Gasteiger partial charge in [-0.2, -0.15) is 0 Å². The molecule has 0 aliphatic carbocycles. The van der Waals surface area contributed by atoms with Crippen LogP contribution in [0.15, 0.2) is 34.1 Å². The van der Waals surface area contributed by atoms with Crippen molar-refractivity contribution in [1.29, 1.82) is 0 Å². The zero-order valence-corrected chi connectivity index (χ0v) is 13.2. The number of nitrogens with one attached hydrogen (secondary N) is 1. The number of hydrogen-bond acceptors (Lipinski definition) is 4. The Hall–Kier alpha value is -0.960. The van der Waals surface area contributed by atoms with E-state index in [1.54, 1.807) is 0 Å². The second kappa shape index (κ2) is 6.66. The quantitative estimate of drug-likeness (QED) is 0.783. The van der Waals surface area contributed by atoms with Gasteiger partial charge in [0.15, 0.2) is 0 Å². The predicted octanol–water partition coefficient (Wildman–Crippen LogP) is 1.05. The van der Waals surface area contributed by atoms with Crippen LogP contribution in [0.25, 0.3) is 0 Å². The third-order valence-corrected chi connectivity index (χ3v) is 5.74. The van der Waals surface area contributed by atoms with Crippen molar-refractivity contribution in [3.8, 4) is 0 Å². The molecule has 0 saturated heterocycles. The van der Waals surface area contributed by atoms with E-state index in [9.17, 15) is 16.8 Å². The summed E-state index contributed by atoms with van der Waals surface area (Å²) in [4.78, 5) is -0.703. The van der Waals surface area contributed by atoms with Gasteiger partial charge >= 0.3 is 0 Å². The third kappa shape index (κ3) is 4.27. The summed E-state index contributed by atoms with van der Waals surface area (Å²) in [7, 11) is -7.98. The molecule has 0 bridgehead atoms. The monoisotopic (exact) mass is 320 g/mol. The van der Waals surface area contributed by atoms with Crippen molar-refractivity contribution in [2.45, 2.75) is 36.5 Å². The molecule has 0 amide bonds. The summed E-state index contributed by atoms with van der Waals surface area (Å²) >= 11 is 0. The topological polar surface area (TPSA) is 106 Å². The summed E-state index contributed by atoms with van der Waals surface area (Å²) in [6.07, 6.45) is 1.69. The molecule has 0 saturated carbocycles. The van der Waals surface area contributed by atoms with Gasteiger partial charge in [0.05, 0.1) is 0 Å². The van der Waals surface area contributed by atoms with Crippen molar-refractivity contribution in [3.05, 3.63) is 24.3 Å². The zero-order valence-electron chi connectivity index (χ0n) is 11.5. The van der Waals surface area contributed by atoms with E-state index in [1.165, 1.54) is 24.3 Å². The number of primary sulfonamides is 1. The zero-order chi connectivity index (χ0) is 15.4. The van der Waals surface area contributed by atoms with Gasteiger partial charge in [0.2, 0.25) is 20.0 Å². The molecule has 0 spiro atoms. The molecule has 0 fully saturated rings. The fourth-order valence-electron chi connectivity index (χ4n) is 1.79. The fraction of sp³-hybridized carbons (Fsp3) is 0.500. The van der Waals surface area contributed by atoms with Crippen molar-refractivity contribution in [2.24, 2.45) is 11.1 Å². The van der Waals surface area contributed by atoms with Crippen molar-refractivity contribution in [3.63, 3.8) is 0 Å².